The van der Waals surface area contributed by atoms with E-state index in [2.05, 4.69) is 13.0 Å². The molecule has 1 aromatic carbocycles. The number of hydrogen-bond donors (Lipinski definition) is 0. The zero-order valence-corrected chi connectivity index (χ0v) is 30.2. The molecule has 1 unspecified atom stereocenters. The third kappa shape index (κ3) is 7.87. The van der Waals surface area contributed by atoms with Crippen molar-refractivity contribution < 1.29 is 50.0 Å². The van der Waals surface area contributed by atoms with E-state index in [0.29, 0.717) is 76.3 Å². The summed E-state index contributed by atoms with van der Waals surface area (Å²) in [5.74, 6) is -3.19. The maximum atomic E-state index is 13.3. The number of carbonyl (C=O) groups is 3. The summed E-state index contributed by atoms with van der Waals surface area (Å²) >= 11 is 0. The summed E-state index contributed by atoms with van der Waals surface area (Å²) in [5, 5.41) is 0. The molecule has 2 amide bonds. The lowest BCUT2D eigenvalue weighted by Gasteiger charge is -2.52. The van der Waals surface area contributed by atoms with E-state index in [1.54, 1.807) is 4.90 Å². The molecule has 2 saturated carbocycles. The summed E-state index contributed by atoms with van der Waals surface area (Å²) in [6, 6.07) is 4.18. The van der Waals surface area contributed by atoms with Gasteiger partial charge >= 0.3 is 18.2 Å². The molecule has 51 heavy (non-hydrogen) atoms. The van der Waals surface area contributed by atoms with Crippen LogP contribution in [0.4, 0.5) is 26.7 Å². The maximum absolute atomic E-state index is 13.3. The van der Waals surface area contributed by atoms with Crippen molar-refractivity contribution >= 4 is 28.6 Å². The van der Waals surface area contributed by atoms with Gasteiger partial charge in [-0.3, -0.25) is 13.8 Å². The molecule has 3 aliphatic carbocycles. The molecule has 4 fully saturated rings. The van der Waals surface area contributed by atoms with Crippen molar-refractivity contribution in [3.63, 3.8) is 0 Å². The van der Waals surface area contributed by atoms with Gasteiger partial charge in [0.05, 0.1) is 6.61 Å². The average molecular weight is 745 g/mol. The van der Waals surface area contributed by atoms with Crippen LogP contribution in [-0.2, 0) is 31.5 Å². The highest BCUT2D eigenvalue weighted by atomic mass is 32.2. The van der Waals surface area contributed by atoms with E-state index in [4.69, 9.17) is 9.47 Å². The molecule has 0 bridgehead atoms. The molecular weight excluding hydrogens is 695 g/mol. The third-order valence-corrected chi connectivity index (χ3v) is 14.0. The number of alkyl halides is 5. The topological polar surface area (TPSA) is 93.2 Å². The number of Topliss-reactive ketones (excluding diaryl/α,β-unsaturated/α-hetero) is 1. The fourth-order valence-corrected chi connectivity index (χ4v) is 10.9. The average Bonchev–Trinajstić information content (AvgIpc) is 3.38. The summed E-state index contributed by atoms with van der Waals surface area (Å²) in [7, 11) is -1.52. The Labute approximate surface area is 298 Å². The number of amides is 2. The van der Waals surface area contributed by atoms with Crippen LogP contribution >= 0.6 is 0 Å². The number of halogens is 5. The number of rotatable bonds is 10. The Balaban J connectivity index is 1.12. The Morgan fingerprint density at radius 2 is 1.76 bits per heavy atom. The minimum absolute atomic E-state index is 0.0184. The first kappa shape index (κ1) is 38.1. The van der Waals surface area contributed by atoms with Gasteiger partial charge in [-0.2, -0.15) is 22.0 Å². The Hall–Kier alpha value is -2.61. The van der Waals surface area contributed by atoms with Gasteiger partial charge in [-0.1, -0.05) is 13.0 Å². The maximum Gasteiger partial charge on any atom is 0.453 e. The van der Waals surface area contributed by atoms with E-state index in [1.807, 2.05) is 17.9 Å². The molecule has 0 spiro atoms. The summed E-state index contributed by atoms with van der Waals surface area (Å²) in [5.41, 5.74) is 2.79. The van der Waals surface area contributed by atoms with Crippen molar-refractivity contribution in [2.75, 3.05) is 44.4 Å². The predicted molar refractivity (Wildman–Crippen MR) is 180 cm³/mol. The number of benzene rings is 1. The van der Waals surface area contributed by atoms with Crippen LogP contribution in [-0.4, -0.2) is 94.3 Å². The lowest BCUT2D eigenvalue weighted by atomic mass is 9.52. The van der Waals surface area contributed by atoms with E-state index in [1.165, 1.54) is 5.56 Å². The lowest BCUT2D eigenvalue weighted by Crippen LogP contribution is -2.52. The monoisotopic (exact) mass is 744 g/mol. The van der Waals surface area contributed by atoms with E-state index in [9.17, 15) is 40.5 Å². The first-order valence-corrected chi connectivity index (χ1v) is 19.9. The number of likely N-dealkylation sites (tertiary alicyclic amines) is 1. The van der Waals surface area contributed by atoms with Gasteiger partial charge in [0.2, 0.25) is 5.91 Å². The number of piperidine rings is 1. The normalized spacial score (nSPS) is 29.4. The number of nitrogens with zero attached hydrogens (tertiary/aromatic N) is 2. The van der Waals surface area contributed by atoms with Crippen LogP contribution in [0.3, 0.4) is 0 Å². The minimum atomic E-state index is -5.61. The van der Waals surface area contributed by atoms with Crippen molar-refractivity contribution in [2.45, 2.75) is 109 Å². The molecule has 6 atom stereocenters. The van der Waals surface area contributed by atoms with Crippen LogP contribution in [0, 0.1) is 30.1 Å². The van der Waals surface area contributed by atoms with Crippen molar-refractivity contribution in [3.05, 3.63) is 28.8 Å². The van der Waals surface area contributed by atoms with Gasteiger partial charge in [0.25, 0.3) is 0 Å². The molecule has 8 nitrogen and oxygen atoms in total. The molecule has 2 heterocycles. The second kappa shape index (κ2) is 15.0. The first-order chi connectivity index (χ1) is 24.1. The Bertz CT molecular complexity index is 1510. The SMILES string of the molecule is Cc1cc2c(cc1OC(=O)N1CCC(N3CCOCC3=O)CC1)C[C@@H](CCCS(=O)CCCC(F)(F)C(F)(F)F)[C@@H]1[C@@H]2CC[C@]2(C)C(=O)CC[C@@H]12. The van der Waals surface area contributed by atoms with Gasteiger partial charge in [-0.25, -0.2) is 4.79 Å². The van der Waals surface area contributed by atoms with Gasteiger partial charge in [0.1, 0.15) is 18.1 Å². The number of ether oxygens (including phenoxy) is 2. The Morgan fingerprint density at radius 1 is 1.04 bits per heavy atom. The first-order valence-electron chi connectivity index (χ1n) is 18.4. The van der Waals surface area contributed by atoms with Crippen molar-refractivity contribution in [1.82, 2.24) is 9.80 Å². The van der Waals surface area contributed by atoms with Crippen LogP contribution in [0.15, 0.2) is 12.1 Å². The quantitative estimate of drug-likeness (QED) is 0.240. The van der Waals surface area contributed by atoms with Crippen LogP contribution in [0.5, 0.6) is 5.75 Å². The third-order valence-electron chi connectivity index (χ3n) is 12.5. The molecule has 5 aliphatic rings. The summed E-state index contributed by atoms with van der Waals surface area (Å²) in [6.45, 7) is 6.17. The lowest BCUT2D eigenvalue weighted by molar-refractivity contribution is -0.284. The highest BCUT2D eigenvalue weighted by Crippen LogP contribution is 2.61. The van der Waals surface area contributed by atoms with E-state index in [-0.39, 0.29) is 59.1 Å². The van der Waals surface area contributed by atoms with Crippen LogP contribution < -0.4 is 4.74 Å². The van der Waals surface area contributed by atoms with Gasteiger partial charge in [-0.05, 0) is 111 Å². The van der Waals surface area contributed by atoms with Gasteiger partial charge < -0.3 is 19.3 Å². The molecule has 6 rings (SSSR count). The highest BCUT2D eigenvalue weighted by molar-refractivity contribution is 7.84. The van der Waals surface area contributed by atoms with Crippen molar-refractivity contribution in [1.29, 1.82) is 0 Å². The van der Waals surface area contributed by atoms with E-state index >= 15 is 0 Å². The van der Waals surface area contributed by atoms with Crippen LogP contribution in [0.1, 0.15) is 93.7 Å². The fourth-order valence-electron chi connectivity index (χ4n) is 9.73. The summed E-state index contributed by atoms with van der Waals surface area (Å²) < 4.78 is 88.2. The van der Waals surface area contributed by atoms with Crippen LogP contribution in [0.25, 0.3) is 0 Å². The fraction of sp³-hybridized carbons (Fsp3) is 0.757. The summed E-state index contributed by atoms with van der Waals surface area (Å²) in [4.78, 5) is 42.3. The number of carbonyl (C=O) groups excluding carboxylic acids is 3. The van der Waals surface area contributed by atoms with E-state index in [0.717, 1.165) is 30.4 Å². The smallest absolute Gasteiger partial charge is 0.410 e. The number of ketones is 1. The largest absolute Gasteiger partial charge is 0.453 e. The minimum Gasteiger partial charge on any atom is -0.410 e. The molecule has 14 heteroatoms. The Morgan fingerprint density at radius 3 is 2.47 bits per heavy atom. The second-order valence-electron chi connectivity index (χ2n) is 15.5. The zero-order valence-electron chi connectivity index (χ0n) is 29.4. The van der Waals surface area contributed by atoms with Gasteiger partial charge in [-0.15, -0.1) is 0 Å². The molecule has 2 saturated heterocycles. The van der Waals surface area contributed by atoms with Gasteiger partial charge in [0, 0.05) is 66.2 Å². The van der Waals surface area contributed by atoms with E-state index < -0.39 is 41.8 Å². The molecular formula is C37H49F5N2O6S. The number of hydrogen-bond acceptors (Lipinski definition) is 6. The molecule has 0 N–H and O–H groups in total. The molecule has 2 aliphatic heterocycles. The molecule has 284 valence electrons. The molecule has 0 aromatic heterocycles. The summed E-state index contributed by atoms with van der Waals surface area (Å²) in [6.07, 6.45) is -1.61. The number of fused-ring (bicyclic) bond motifs is 5. The van der Waals surface area contributed by atoms with Crippen LogP contribution in [0.2, 0.25) is 0 Å². The van der Waals surface area contributed by atoms with Crippen molar-refractivity contribution in [3.8, 4) is 5.75 Å². The number of aryl methyl sites for hydroxylation is 1. The molecule has 1 aromatic rings. The predicted octanol–water partition coefficient (Wildman–Crippen LogP) is 6.98. The molecule has 0 radical (unpaired) electrons. The Kier molecular flexibility index (Phi) is 11.2. The van der Waals surface area contributed by atoms with Gasteiger partial charge in [0.15, 0.2) is 0 Å². The zero-order chi connectivity index (χ0) is 36.7. The second-order valence-corrected chi connectivity index (χ2v) is 17.2. The highest BCUT2D eigenvalue weighted by Gasteiger charge is 2.57. The number of morpholine rings is 1. The standard InChI is InChI=1S/C37H49F5N2O6S/c1-23-19-28-25(21-30(23)50-34(47)43-13-9-26(10-14-43)44-15-16-49-22-32(44)46)20-24(33-27(28)8-12-35(2)29(33)6-7-31(35)45)5-3-17-51(48)18-4-11-36(38,39)37(40,41)42/h19,21,24,26-27,29,33H,3-18,20,22H2,1-2H3/t24-,27-,29+,33-,35+,51?/m1/s1. The van der Waals surface area contributed by atoms with Crippen molar-refractivity contribution in [2.24, 2.45) is 23.2 Å².